The van der Waals surface area contributed by atoms with E-state index < -0.39 is 5.97 Å². The summed E-state index contributed by atoms with van der Waals surface area (Å²) in [6, 6.07) is 1.48. The van der Waals surface area contributed by atoms with Crippen molar-refractivity contribution in [3.8, 4) is 0 Å². The maximum atomic E-state index is 10.3. The first-order chi connectivity index (χ1) is 4.61. The van der Waals surface area contributed by atoms with Crippen molar-refractivity contribution in [1.82, 2.24) is 0 Å². The van der Waals surface area contributed by atoms with Crippen molar-refractivity contribution in [3.05, 3.63) is 17.6 Å². The van der Waals surface area contributed by atoms with Crippen LogP contribution in [-0.2, 0) is 0 Å². The molecule has 4 heteroatoms. The van der Waals surface area contributed by atoms with E-state index in [0.29, 0.717) is 5.76 Å². The third kappa shape index (κ3) is 0.953. The third-order valence-corrected chi connectivity index (χ3v) is 1.08. The molecule has 0 unspecified atom stereocenters. The smallest absolute Gasteiger partial charge is 0.374 e. The lowest BCUT2D eigenvalue weighted by molar-refractivity contribution is 0.0662. The molecule has 0 fully saturated rings. The van der Waals surface area contributed by atoms with E-state index in [4.69, 9.17) is 15.3 Å². The molecule has 0 spiro atoms. The van der Waals surface area contributed by atoms with E-state index in [1.165, 1.54) is 6.07 Å². The normalized spacial score (nSPS) is 9.70. The Kier molecular flexibility index (Phi) is 1.37. The van der Waals surface area contributed by atoms with E-state index >= 15 is 0 Å². The fourth-order valence-electron chi connectivity index (χ4n) is 0.701. The summed E-state index contributed by atoms with van der Waals surface area (Å²) in [5.74, 6) is -0.807. The molecule has 0 saturated heterocycles. The van der Waals surface area contributed by atoms with Crippen molar-refractivity contribution in [2.75, 3.05) is 5.73 Å². The first-order valence-electron chi connectivity index (χ1n) is 2.70. The van der Waals surface area contributed by atoms with Crippen LogP contribution in [0.5, 0.6) is 0 Å². The lowest BCUT2D eigenvalue weighted by atomic mass is 10.4. The zero-order valence-corrected chi connectivity index (χ0v) is 5.42. The number of rotatable bonds is 1. The Labute approximate surface area is 57.3 Å². The molecule has 10 heavy (non-hydrogen) atoms. The van der Waals surface area contributed by atoms with Gasteiger partial charge in [0.2, 0.25) is 5.76 Å². The Morgan fingerprint density at radius 2 is 2.40 bits per heavy atom. The van der Waals surface area contributed by atoms with Gasteiger partial charge >= 0.3 is 5.97 Å². The molecule has 1 heterocycles. The van der Waals surface area contributed by atoms with Crippen LogP contribution < -0.4 is 5.73 Å². The Morgan fingerprint density at radius 3 is 2.60 bits per heavy atom. The number of anilines is 1. The number of nitrogens with two attached hydrogens (primary N) is 1. The van der Waals surface area contributed by atoms with Gasteiger partial charge in [-0.15, -0.1) is 0 Å². The standard InChI is InChI=1S/C6H7NO3/c1-3-2-4(7)5(10-3)6(8)9/h2H,7H2,1H3,(H,8,9). The second-order valence-electron chi connectivity index (χ2n) is 1.95. The highest BCUT2D eigenvalue weighted by Gasteiger charge is 2.12. The van der Waals surface area contributed by atoms with Crippen molar-refractivity contribution in [3.63, 3.8) is 0 Å². The van der Waals surface area contributed by atoms with E-state index in [0.717, 1.165) is 0 Å². The van der Waals surface area contributed by atoms with Crippen molar-refractivity contribution in [1.29, 1.82) is 0 Å². The minimum atomic E-state index is -1.13. The molecule has 0 radical (unpaired) electrons. The van der Waals surface area contributed by atoms with Gasteiger partial charge < -0.3 is 15.3 Å². The lowest BCUT2D eigenvalue weighted by Gasteiger charge is -1.86. The molecule has 0 amide bonds. The predicted octanol–water partition coefficient (Wildman–Crippen LogP) is 0.868. The van der Waals surface area contributed by atoms with Gasteiger partial charge in [-0.05, 0) is 6.92 Å². The van der Waals surface area contributed by atoms with Gasteiger partial charge in [0.1, 0.15) is 5.76 Å². The number of carboxylic acid groups (broad SMARTS) is 1. The van der Waals surface area contributed by atoms with Crippen LogP contribution >= 0.6 is 0 Å². The van der Waals surface area contributed by atoms with Crippen LogP contribution in [0.3, 0.4) is 0 Å². The summed E-state index contributed by atoms with van der Waals surface area (Å²) in [5.41, 5.74) is 5.44. The maximum Gasteiger partial charge on any atom is 0.374 e. The van der Waals surface area contributed by atoms with Crippen molar-refractivity contribution >= 4 is 11.7 Å². The average molecular weight is 141 g/mol. The van der Waals surface area contributed by atoms with Crippen LogP contribution in [-0.4, -0.2) is 11.1 Å². The molecule has 1 rings (SSSR count). The van der Waals surface area contributed by atoms with E-state index in [-0.39, 0.29) is 11.4 Å². The molecule has 0 atom stereocenters. The second kappa shape index (κ2) is 2.06. The molecule has 0 saturated carbocycles. The Balaban J connectivity index is 3.15. The van der Waals surface area contributed by atoms with Gasteiger partial charge in [-0.3, -0.25) is 0 Å². The fourth-order valence-corrected chi connectivity index (χ4v) is 0.701. The topological polar surface area (TPSA) is 76.5 Å². The zero-order chi connectivity index (χ0) is 7.72. The van der Waals surface area contributed by atoms with Gasteiger partial charge in [0, 0.05) is 6.07 Å². The summed E-state index contributed by atoms with van der Waals surface area (Å²) in [5, 5.41) is 8.41. The first-order valence-corrected chi connectivity index (χ1v) is 2.70. The number of nitrogen functional groups attached to an aromatic ring is 1. The van der Waals surface area contributed by atoms with Crippen molar-refractivity contribution in [2.24, 2.45) is 0 Å². The molecule has 3 N–H and O–H groups in total. The summed E-state index contributed by atoms with van der Waals surface area (Å²) >= 11 is 0. The zero-order valence-electron chi connectivity index (χ0n) is 5.42. The molecule has 0 aliphatic heterocycles. The third-order valence-electron chi connectivity index (χ3n) is 1.08. The lowest BCUT2D eigenvalue weighted by Crippen LogP contribution is -1.97. The van der Waals surface area contributed by atoms with Crippen LogP contribution in [0.25, 0.3) is 0 Å². The van der Waals surface area contributed by atoms with Crippen molar-refractivity contribution in [2.45, 2.75) is 6.92 Å². The quantitative estimate of drug-likeness (QED) is 0.608. The Morgan fingerprint density at radius 1 is 1.80 bits per heavy atom. The average Bonchev–Trinajstić information content (AvgIpc) is 2.10. The second-order valence-corrected chi connectivity index (χ2v) is 1.95. The number of carbonyl (C=O) groups is 1. The summed E-state index contributed by atoms with van der Waals surface area (Å²) in [6.07, 6.45) is 0. The monoisotopic (exact) mass is 141 g/mol. The number of hydrogen-bond donors (Lipinski definition) is 2. The molecule has 4 nitrogen and oxygen atoms in total. The SMILES string of the molecule is Cc1cc(N)c(C(=O)O)o1. The minimum absolute atomic E-state index is 0.171. The van der Waals surface area contributed by atoms with Crippen molar-refractivity contribution < 1.29 is 14.3 Å². The highest BCUT2D eigenvalue weighted by atomic mass is 16.4. The molecular formula is C6H7NO3. The highest BCUT2D eigenvalue weighted by molar-refractivity contribution is 5.90. The molecular weight excluding hydrogens is 134 g/mol. The van der Waals surface area contributed by atoms with Crippen LogP contribution in [0.4, 0.5) is 5.69 Å². The van der Waals surface area contributed by atoms with Crippen LogP contribution in [0, 0.1) is 6.92 Å². The summed E-state index contributed by atoms with van der Waals surface area (Å²) < 4.78 is 4.75. The van der Waals surface area contributed by atoms with E-state index in [9.17, 15) is 4.79 Å². The fraction of sp³-hybridized carbons (Fsp3) is 0.167. The van der Waals surface area contributed by atoms with Gasteiger partial charge in [0.05, 0.1) is 5.69 Å². The number of hydrogen-bond acceptors (Lipinski definition) is 3. The summed E-state index contributed by atoms with van der Waals surface area (Å²) in [4.78, 5) is 10.3. The molecule has 1 aromatic heterocycles. The van der Waals surface area contributed by atoms with Gasteiger partial charge in [-0.2, -0.15) is 0 Å². The molecule has 0 bridgehead atoms. The molecule has 1 aromatic rings. The van der Waals surface area contributed by atoms with Crippen LogP contribution in [0.1, 0.15) is 16.3 Å². The molecule has 0 aliphatic rings. The molecule has 0 aliphatic carbocycles. The van der Waals surface area contributed by atoms with Crippen LogP contribution in [0.15, 0.2) is 10.5 Å². The van der Waals surface area contributed by atoms with E-state index in [1.54, 1.807) is 6.92 Å². The van der Waals surface area contributed by atoms with Gasteiger partial charge in [0.15, 0.2) is 0 Å². The summed E-state index contributed by atoms with van der Waals surface area (Å²) in [6.45, 7) is 1.64. The van der Waals surface area contributed by atoms with Gasteiger partial charge in [0.25, 0.3) is 0 Å². The number of carboxylic acids is 1. The minimum Gasteiger partial charge on any atom is -0.475 e. The Hall–Kier alpha value is -1.45. The maximum absolute atomic E-state index is 10.3. The number of aryl methyl sites for hydroxylation is 1. The Bertz CT molecular complexity index is 264. The van der Waals surface area contributed by atoms with Gasteiger partial charge in [-0.1, -0.05) is 0 Å². The highest BCUT2D eigenvalue weighted by Crippen LogP contribution is 2.15. The predicted molar refractivity (Wildman–Crippen MR) is 34.8 cm³/mol. The largest absolute Gasteiger partial charge is 0.475 e. The molecule has 0 aromatic carbocycles. The first kappa shape index (κ1) is 6.67. The van der Waals surface area contributed by atoms with E-state index in [2.05, 4.69) is 0 Å². The number of furan rings is 1. The van der Waals surface area contributed by atoms with Gasteiger partial charge in [-0.25, -0.2) is 4.79 Å². The summed E-state index contributed by atoms with van der Waals surface area (Å²) in [7, 11) is 0. The number of aromatic carboxylic acids is 1. The van der Waals surface area contributed by atoms with Crippen LogP contribution in [0.2, 0.25) is 0 Å². The molecule has 54 valence electrons. The van der Waals surface area contributed by atoms with E-state index in [1.807, 2.05) is 0 Å².